The lowest BCUT2D eigenvalue weighted by atomic mass is 10.1. The number of fused-ring (bicyclic) bond motifs is 1. The number of rotatable bonds is 4. The molecule has 3 heterocycles. The fourth-order valence-corrected chi connectivity index (χ4v) is 4.98. The number of morpholine rings is 1. The molecule has 2 saturated heterocycles. The molecule has 2 aliphatic rings. The summed E-state index contributed by atoms with van der Waals surface area (Å²) < 4.78 is 6.34. The van der Waals surface area contributed by atoms with Gasteiger partial charge in [0.25, 0.3) is 0 Å². The van der Waals surface area contributed by atoms with Crippen LogP contribution in [-0.2, 0) is 4.74 Å². The van der Waals surface area contributed by atoms with Crippen molar-refractivity contribution in [2.24, 2.45) is 0 Å². The Bertz CT molecular complexity index is 1100. The number of nitriles is 1. The van der Waals surface area contributed by atoms with Gasteiger partial charge in [-0.3, -0.25) is 9.88 Å². The second-order valence-corrected chi connectivity index (χ2v) is 8.74. The van der Waals surface area contributed by atoms with E-state index < -0.39 is 0 Å². The van der Waals surface area contributed by atoms with Crippen molar-refractivity contribution >= 4 is 22.3 Å². The number of nitrogens with zero attached hydrogens (tertiary/aromatic N) is 5. The summed E-state index contributed by atoms with van der Waals surface area (Å²) in [7, 11) is 0. The number of hydrogen-bond acceptors (Lipinski definition) is 6. The van der Waals surface area contributed by atoms with E-state index in [-0.39, 0.29) is 12.2 Å². The first-order chi connectivity index (χ1) is 15.7. The Morgan fingerprint density at radius 1 is 0.969 bits per heavy atom. The molecule has 5 rings (SSSR count). The maximum absolute atomic E-state index is 9.46. The van der Waals surface area contributed by atoms with Crippen molar-refractivity contribution in [3.05, 3.63) is 66.4 Å². The Morgan fingerprint density at radius 2 is 1.78 bits per heavy atom. The van der Waals surface area contributed by atoms with Crippen LogP contribution in [0.1, 0.15) is 12.5 Å². The summed E-state index contributed by atoms with van der Waals surface area (Å²) >= 11 is 0. The summed E-state index contributed by atoms with van der Waals surface area (Å²) in [6, 6.07) is 20.9. The van der Waals surface area contributed by atoms with Crippen molar-refractivity contribution in [1.82, 2.24) is 9.88 Å². The number of piperazine rings is 1. The molecule has 6 heteroatoms. The van der Waals surface area contributed by atoms with E-state index in [1.807, 2.05) is 12.1 Å². The van der Waals surface area contributed by atoms with Gasteiger partial charge in [-0.25, -0.2) is 0 Å². The zero-order chi connectivity index (χ0) is 21.9. The van der Waals surface area contributed by atoms with Gasteiger partial charge in [0.05, 0.1) is 23.3 Å². The van der Waals surface area contributed by atoms with Crippen LogP contribution in [0.4, 0.5) is 11.4 Å². The third kappa shape index (κ3) is 4.27. The van der Waals surface area contributed by atoms with Gasteiger partial charge in [0.2, 0.25) is 0 Å². The molecule has 2 fully saturated rings. The first-order valence-corrected chi connectivity index (χ1v) is 11.4. The van der Waals surface area contributed by atoms with Crippen LogP contribution in [0.5, 0.6) is 0 Å². The molecule has 32 heavy (non-hydrogen) atoms. The third-order valence-electron chi connectivity index (χ3n) is 6.49. The van der Waals surface area contributed by atoms with Gasteiger partial charge in [-0.1, -0.05) is 18.2 Å². The zero-order valence-electron chi connectivity index (χ0n) is 18.5. The summed E-state index contributed by atoms with van der Waals surface area (Å²) in [5, 5.41) is 10.5. The fourth-order valence-electron chi connectivity index (χ4n) is 4.98. The van der Waals surface area contributed by atoms with E-state index in [2.05, 4.69) is 75.1 Å². The van der Waals surface area contributed by atoms with E-state index in [4.69, 9.17) is 4.74 Å². The van der Waals surface area contributed by atoms with Crippen molar-refractivity contribution in [1.29, 1.82) is 5.26 Å². The normalized spacial score (nSPS) is 22.1. The van der Waals surface area contributed by atoms with E-state index in [0.717, 1.165) is 62.4 Å². The van der Waals surface area contributed by atoms with Crippen LogP contribution in [0.15, 0.2) is 60.8 Å². The van der Waals surface area contributed by atoms with Crippen molar-refractivity contribution in [3.8, 4) is 6.07 Å². The summed E-state index contributed by atoms with van der Waals surface area (Å²) in [5.41, 5.74) is 3.85. The number of pyridine rings is 1. The van der Waals surface area contributed by atoms with Crippen LogP contribution in [0, 0.1) is 11.3 Å². The van der Waals surface area contributed by atoms with Crippen LogP contribution in [0.25, 0.3) is 10.9 Å². The van der Waals surface area contributed by atoms with Crippen LogP contribution >= 0.6 is 0 Å². The van der Waals surface area contributed by atoms with E-state index in [1.165, 1.54) is 5.69 Å². The summed E-state index contributed by atoms with van der Waals surface area (Å²) in [4.78, 5) is 11.9. The molecule has 0 amide bonds. The number of ether oxygens (including phenoxy) is 1. The molecule has 0 saturated carbocycles. The number of hydrogen-bond donors (Lipinski definition) is 0. The molecule has 2 aromatic carbocycles. The average molecular weight is 428 g/mol. The molecule has 164 valence electrons. The molecule has 1 aromatic heterocycles. The average Bonchev–Trinajstić information content (AvgIpc) is 2.84. The Kier molecular flexibility index (Phi) is 5.93. The molecular formula is C26H29N5O. The first-order valence-electron chi connectivity index (χ1n) is 11.4. The predicted molar refractivity (Wildman–Crippen MR) is 128 cm³/mol. The molecule has 0 N–H and O–H groups in total. The van der Waals surface area contributed by atoms with Gasteiger partial charge in [-0.2, -0.15) is 5.26 Å². The lowest BCUT2D eigenvalue weighted by Gasteiger charge is -2.42. The quantitative estimate of drug-likeness (QED) is 0.635. The molecule has 0 radical (unpaired) electrons. The number of benzene rings is 2. The Labute approximate surface area is 189 Å². The highest BCUT2D eigenvalue weighted by atomic mass is 16.5. The van der Waals surface area contributed by atoms with Crippen molar-refractivity contribution in [3.63, 3.8) is 0 Å². The Balaban J connectivity index is 1.27. The third-order valence-corrected chi connectivity index (χ3v) is 6.49. The maximum atomic E-state index is 9.46. The first kappa shape index (κ1) is 20.7. The molecule has 2 aliphatic heterocycles. The van der Waals surface area contributed by atoms with Gasteiger partial charge in [0.15, 0.2) is 0 Å². The minimum atomic E-state index is 0.154. The standard InChI is InChI=1S/C26H29N5O/c1-20-17-31(25-10-9-21(16-27)26-24(25)8-5-11-28-26)19-23(32-20)18-29-12-14-30(15-13-29)22-6-3-2-4-7-22/h2-11,20,23H,12-15,17-19H2,1H3. The van der Waals surface area contributed by atoms with Crippen LogP contribution in [0.2, 0.25) is 0 Å². The van der Waals surface area contributed by atoms with E-state index >= 15 is 0 Å². The van der Waals surface area contributed by atoms with Crippen molar-refractivity contribution in [2.75, 3.05) is 55.6 Å². The van der Waals surface area contributed by atoms with E-state index in [9.17, 15) is 5.26 Å². The zero-order valence-corrected chi connectivity index (χ0v) is 18.5. The summed E-state index contributed by atoms with van der Waals surface area (Å²) in [6.07, 6.45) is 2.07. The largest absolute Gasteiger partial charge is 0.370 e. The number of anilines is 2. The predicted octanol–water partition coefficient (Wildman–Crippen LogP) is 3.52. The Hall–Kier alpha value is -3.14. The topological polar surface area (TPSA) is 55.6 Å². The molecule has 0 bridgehead atoms. The van der Waals surface area contributed by atoms with E-state index in [1.54, 1.807) is 6.20 Å². The van der Waals surface area contributed by atoms with Crippen LogP contribution in [-0.4, -0.2) is 67.9 Å². The molecule has 6 nitrogen and oxygen atoms in total. The van der Waals surface area contributed by atoms with Gasteiger partial charge >= 0.3 is 0 Å². The highest BCUT2D eigenvalue weighted by Gasteiger charge is 2.29. The lowest BCUT2D eigenvalue weighted by Crippen LogP contribution is -2.54. The molecule has 2 atom stereocenters. The van der Waals surface area contributed by atoms with Crippen LogP contribution in [0.3, 0.4) is 0 Å². The lowest BCUT2D eigenvalue weighted by molar-refractivity contribution is -0.0327. The number of para-hydroxylation sites is 1. The highest BCUT2D eigenvalue weighted by molar-refractivity contribution is 5.95. The molecule has 3 aromatic rings. The van der Waals surface area contributed by atoms with Crippen LogP contribution < -0.4 is 9.80 Å². The fraction of sp³-hybridized carbons (Fsp3) is 0.385. The molecule has 0 aliphatic carbocycles. The minimum absolute atomic E-state index is 0.154. The van der Waals surface area contributed by atoms with Crippen molar-refractivity contribution < 1.29 is 4.74 Å². The second kappa shape index (κ2) is 9.15. The smallest absolute Gasteiger partial charge is 0.101 e. The second-order valence-electron chi connectivity index (χ2n) is 8.74. The monoisotopic (exact) mass is 427 g/mol. The highest BCUT2D eigenvalue weighted by Crippen LogP contribution is 2.30. The number of aromatic nitrogens is 1. The minimum Gasteiger partial charge on any atom is -0.370 e. The Morgan fingerprint density at radius 3 is 2.56 bits per heavy atom. The van der Waals surface area contributed by atoms with Crippen molar-refractivity contribution in [2.45, 2.75) is 19.1 Å². The summed E-state index contributed by atoms with van der Waals surface area (Å²) in [6.45, 7) is 8.96. The molecule has 0 spiro atoms. The summed E-state index contributed by atoms with van der Waals surface area (Å²) in [5.74, 6) is 0. The van der Waals surface area contributed by atoms with Gasteiger partial charge in [-0.05, 0) is 43.3 Å². The van der Waals surface area contributed by atoms with Gasteiger partial charge in [0, 0.05) is 68.8 Å². The van der Waals surface area contributed by atoms with Gasteiger partial charge in [0.1, 0.15) is 6.07 Å². The van der Waals surface area contributed by atoms with E-state index in [0.29, 0.717) is 5.56 Å². The SMILES string of the molecule is CC1CN(c2ccc(C#N)c3ncccc23)CC(CN2CCN(c3ccccc3)CC2)O1. The molecule has 2 unspecified atom stereocenters. The van der Waals surface area contributed by atoms with Gasteiger partial charge < -0.3 is 14.5 Å². The maximum Gasteiger partial charge on any atom is 0.101 e. The van der Waals surface area contributed by atoms with Gasteiger partial charge in [-0.15, -0.1) is 0 Å². The molecular weight excluding hydrogens is 398 g/mol.